The molecule has 20 heavy (non-hydrogen) atoms. The summed E-state index contributed by atoms with van der Waals surface area (Å²) >= 11 is 0. The van der Waals surface area contributed by atoms with Crippen LogP contribution < -0.4 is 10.6 Å². The van der Waals surface area contributed by atoms with Gasteiger partial charge in [0.2, 0.25) is 0 Å². The number of nitrogens with zero attached hydrogens (tertiary/aromatic N) is 1. The highest BCUT2D eigenvalue weighted by molar-refractivity contribution is 5.89. The molecule has 2 amide bonds. The van der Waals surface area contributed by atoms with Gasteiger partial charge in [-0.3, -0.25) is 0 Å². The first kappa shape index (κ1) is 14.8. The fraction of sp³-hybridized carbons (Fsp3) is 0.533. The van der Waals surface area contributed by atoms with E-state index in [0.29, 0.717) is 18.5 Å². The predicted octanol–water partition coefficient (Wildman–Crippen LogP) is 2.68. The van der Waals surface area contributed by atoms with Crippen LogP contribution in [0.1, 0.15) is 20.3 Å². The maximum absolute atomic E-state index is 13.4. The number of hydrogen-bond donors (Lipinski definition) is 2. The topological polar surface area (TPSA) is 44.4 Å². The van der Waals surface area contributed by atoms with Crippen LogP contribution in [-0.4, -0.2) is 36.6 Å². The molecule has 1 fully saturated rings. The number of likely N-dealkylation sites (tertiary alicyclic amines) is 1. The standard InChI is InChI=1S/C15H22FN3O/c1-11(2)19-8-7-12(10-19)9-17-15(20)18-14-6-4-3-5-13(14)16/h3-6,11-12H,7-10H2,1-2H3,(H2,17,18,20). The van der Waals surface area contributed by atoms with Gasteiger partial charge in [-0.25, -0.2) is 9.18 Å². The minimum atomic E-state index is -0.422. The molecule has 0 radical (unpaired) electrons. The summed E-state index contributed by atoms with van der Waals surface area (Å²) in [5.41, 5.74) is 0.209. The van der Waals surface area contributed by atoms with E-state index in [1.54, 1.807) is 18.2 Å². The lowest BCUT2D eigenvalue weighted by Crippen LogP contribution is -2.35. The third-order valence-corrected chi connectivity index (χ3v) is 3.72. The van der Waals surface area contributed by atoms with Crippen molar-refractivity contribution in [1.82, 2.24) is 10.2 Å². The Morgan fingerprint density at radius 1 is 1.45 bits per heavy atom. The van der Waals surface area contributed by atoms with Crippen molar-refractivity contribution >= 4 is 11.7 Å². The molecule has 1 atom stereocenters. The number of halogens is 1. The van der Waals surface area contributed by atoms with E-state index in [-0.39, 0.29) is 11.7 Å². The number of hydrogen-bond acceptors (Lipinski definition) is 2. The number of carbonyl (C=O) groups excluding carboxylic acids is 1. The van der Waals surface area contributed by atoms with E-state index in [1.165, 1.54) is 6.07 Å². The fourth-order valence-corrected chi connectivity index (χ4v) is 2.46. The van der Waals surface area contributed by atoms with Gasteiger partial charge in [-0.05, 0) is 44.9 Å². The summed E-state index contributed by atoms with van der Waals surface area (Å²) in [5, 5.41) is 5.35. The van der Waals surface area contributed by atoms with Gasteiger partial charge in [0, 0.05) is 19.1 Å². The highest BCUT2D eigenvalue weighted by Gasteiger charge is 2.24. The van der Waals surface area contributed by atoms with Crippen molar-refractivity contribution in [3.63, 3.8) is 0 Å². The number of amides is 2. The second kappa shape index (κ2) is 6.70. The molecular formula is C15H22FN3O. The Labute approximate surface area is 119 Å². The number of carbonyl (C=O) groups is 1. The second-order valence-corrected chi connectivity index (χ2v) is 5.56. The van der Waals surface area contributed by atoms with Gasteiger partial charge in [0.05, 0.1) is 5.69 Å². The summed E-state index contributed by atoms with van der Waals surface area (Å²) < 4.78 is 13.4. The molecule has 0 aliphatic carbocycles. The third kappa shape index (κ3) is 3.93. The average Bonchev–Trinajstić information content (AvgIpc) is 2.88. The number of benzene rings is 1. The number of para-hydroxylation sites is 1. The van der Waals surface area contributed by atoms with Crippen molar-refractivity contribution in [2.45, 2.75) is 26.3 Å². The molecule has 5 heteroatoms. The predicted molar refractivity (Wildman–Crippen MR) is 78.2 cm³/mol. The van der Waals surface area contributed by atoms with E-state index in [2.05, 4.69) is 29.4 Å². The maximum Gasteiger partial charge on any atom is 0.319 e. The molecule has 1 aliphatic rings. The molecule has 4 nitrogen and oxygen atoms in total. The van der Waals surface area contributed by atoms with Crippen LogP contribution in [-0.2, 0) is 0 Å². The van der Waals surface area contributed by atoms with Gasteiger partial charge in [-0.2, -0.15) is 0 Å². The molecule has 1 aromatic carbocycles. The van der Waals surface area contributed by atoms with Crippen molar-refractivity contribution < 1.29 is 9.18 Å². The zero-order chi connectivity index (χ0) is 14.5. The molecule has 0 spiro atoms. The lowest BCUT2D eigenvalue weighted by Gasteiger charge is -2.20. The monoisotopic (exact) mass is 279 g/mol. The zero-order valence-electron chi connectivity index (χ0n) is 12.0. The number of anilines is 1. The quantitative estimate of drug-likeness (QED) is 0.890. The molecule has 1 aliphatic heterocycles. The normalized spacial score (nSPS) is 19.3. The van der Waals surface area contributed by atoms with E-state index in [1.807, 2.05) is 0 Å². The van der Waals surface area contributed by atoms with Gasteiger partial charge in [0.15, 0.2) is 0 Å². The highest BCUT2D eigenvalue weighted by atomic mass is 19.1. The molecule has 0 bridgehead atoms. The van der Waals surface area contributed by atoms with Crippen LogP contribution in [0.15, 0.2) is 24.3 Å². The Morgan fingerprint density at radius 2 is 2.20 bits per heavy atom. The zero-order valence-corrected chi connectivity index (χ0v) is 12.0. The lowest BCUT2D eigenvalue weighted by atomic mass is 10.1. The third-order valence-electron chi connectivity index (χ3n) is 3.72. The van der Waals surface area contributed by atoms with Crippen molar-refractivity contribution in [3.05, 3.63) is 30.1 Å². The van der Waals surface area contributed by atoms with E-state index in [4.69, 9.17) is 0 Å². The number of urea groups is 1. The molecule has 1 heterocycles. The van der Waals surface area contributed by atoms with Crippen LogP contribution in [0, 0.1) is 11.7 Å². The summed E-state index contributed by atoms with van der Waals surface area (Å²) in [5.74, 6) is 0.0540. The minimum absolute atomic E-state index is 0.209. The first-order valence-electron chi connectivity index (χ1n) is 7.09. The van der Waals surface area contributed by atoms with Crippen LogP contribution in [0.4, 0.5) is 14.9 Å². The molecule has 2 rings (SSSR count). The van der Waals surface area contributed by atoms with Gasteiger partial charge in [0.1, 0.15) is 5.82 Å². The minimum Gasteiger partial charge on any atom is -0.338 e. The maximum atomic E-state index is 13.4. The second-order valence-electron chi connectivity index (χ2n) is 5.56. The molecule has 2 N–H and O–H groups in total. The molecule has 0 saturated carbocycles. The van der Waals surface area contributed by atoms with Crippen molar-refractivity contribution in [2.24, 2.45) is 5.92 Å². The summed E-state index contributed by atoms with van der Waals surface area (Å²) in [6, 6.07) is 6.36. The van der Waals surface area contributed by atoms with E-state index in [0.717, 1.165) is 19.5 Å². The van der Waals surface area contributed by atoms with E-state index < -0.39 is 5.82 Å². The highest BCUT2D eigenvalue weighted by Crippen LogP contribution is 2.17. The Kier molecular flexibility index (Phi) is 4.95. The number of rotatable bonds is 4. The van der Waals surface area contributed by atoms with Crippen molar-refractivity contribution in [2.75, 3.05) is 25.0 Å². The molecular weight excluding hydrogens is 257 g/mol. The SMILES string of the molecule is CC(C)N1CCC(CNC(=O)Nc2ccccc2F)C1. The summed E-state index contributed by atoms with van der Waals surface area (Å²) in [6.45, 7) is 7.08. The van der Waals surface area contributed by atoms with Crippen LogP contribution in [0.5, 0.6) is 0 Å². The van der Waals surface area contributed by atoms with E-state index >= 15 is 0 Å². The van der Waals surface area contributed by atoms with Crippen LogP contribution in [0.25, 0.3) is 0 Å². The Hall–Kier alpha value is -1.62. The van der Waals surface area contributed by atoms with Crippen molar-refractivity contribution in [1.29, 1.82) is 0 Å². The Balaban J connectivity index is 1.75. The van der Waals surface area contributed by atoms with Crippen molar-refractivity contribution in [3.8, 4) is 0 Å². The fourth-order valence-electron chi connectivity index (χ4n) is 2.46. The van der Waals surface area contributed by atoms with Gasteiger partial charge in [-0.15, -0.1) is 0 Å². The number of nitrogens with one attached hydrogen (secondary N) is 2. The van der Waals surface area contributed by atoms with Gasteiger partial charge < -0.3 is 15.5 Å². The summed E-state index contributed by atoms with van der Waals surface area (Å²) in [4.78, 5) is 14.1. The van der Waals surface area contributed by atoms with E-state index in [9.17, 15) is 9.18 Å². The average molecular weight is 279 g/mol. The van der Waals surface area contributed by atoms with Crippen LogP contribution in [0.2, 0.25) is 0 Å². The first-order chi connectivity index (χ1) is 9.56. The molecule has 1 saturated heterocycles. The lowest BCUT2D eigenvalue weighted by molar-refractivity contribution is 0.247. The largest absolute Gasteiger partial charge is 0.338 e. The van der Waals surface area contributed by atoms with Gasteiger partial charge >= 0.3 is 6.03 Å². The molecule has 110 valence electrons. The van der Waals surface area contributed by atoms with Gasteiger partial charge in [-0.1, -0.05) is 12.1 Å². The molecule has 1 aromatic rings. The Morgan fingerprint density at radius 3 is 2.85 bits per heavy atom. The van der Waals surface area contributed by atoms with Gasteiger partial charge in [0.25, 0.3) is 0 Å². The van der Waals surface area contributed by atoms with Crippen LogP contribution >= 0.6 is 0 Å². The summed E-state index contributed by atoms with van der Waals surface area (Å²) in [6.07, 6.45) is 1.10. The Bertz CT molecular complexity index is 464. The van der Waals surface area contributed by atoms with Crippen LogP contribution in [0.3, 0.4) is 0 Å². The first-order valence-corrected chi connectivity index (χ1v) is 7.09. The summed E-state index contributed by atoms with van der Waals surface area (Å²) in [7, 11) is 0. The smallest absolute Gasteiger partial charge is 0.319 e. The molecule has 1 unspecified atom stereocenters. The molecule has 0 aromatic heterocycles.